The number of aromatic amines is 1. The number of fused-ring (bicyclic) bond motifs is 1. The van der Waals surface area contributed by atoms with Gasteiger partial charge in [-0.05, 0) is 37.8 Å². The van der Waals surface area contributed by atoms with Crippen LogP contribution < -0.4 is 5.32 Å². The predicted molar refractivity (Wildman–Crippen MR) is 110 cm³/mol. The zero-order chi connectivity index (χ0) is 16.2. The Labute approximate surface area is 160 Å². The van der Waals surface area contributed by atoms with Crippen molar-refractivity contribution in [3.05, 3.63) is 35.5 Å². The van der Waals surface area contributed by atoms with E-state index in [9.17, 15) is 5.11 Å². The molecule has 1 atom stereocenters. The van der Waals surface area contributed by atoms with Crippen LogP contribution >= 0.6 is 24.0 Å². The quantitative estimate of drug-likeness (QED) is 0.388. The summed E-state index contributed by atoms with van der Waals surface area (Å²) in [6, 6.07) is 6.40. The first-order valence-electron chi connectivity index (χ1n) is 8.46. The van der Waals surface area contributed by atoms with Crippen LogP contribution in [0.1, 0.15) is 24.5 Å². The van der Waals surface area contributed by atoms with Crippen molar-refractivity contribution in [2.45, 2.75) is 32.8 Å². The fourth-order valence-corrected chi connectivity index (χ4v) is 3.21. The van der Waals surface area contributed by atoms with Gasteiger partial charge in [0.2, 0.25) is 0 Å². The van der Waals surface area contributed by atoms with Crippen LogP contribution in [0.15, 0.2) is 29.4 Å². The molecule has 6 heteroatoms. The standard InChI is InChI=1S/C18H26N4O.HI/c1-3-19-18(22-10-8-15(23)12-22)20-9-7-14-11-21-17-13(2)5-4-6-16(14)17;/h4-6,11,15,21,23H,3,7-10,12H2,1-2H3,(H,19,20);1H/t15-;/m1./s1. The average Bonchev–Trinajstić information content (AvgIpc) is 3.14. The van der Waals surface area contributed by atoms with Gasteiger partial charge in [-0.25, -0.2) is 0 Å². The number of likely N-dealkylation sites (tertiary alicyclic amines) is 1. The molecule has 0 radical (unpaired) electrons. The molecule has 0 saturated carbocycles. The Hall–Kier alpha value is -1.28. The van der Waals surface area contributed by atoms with Crippen LogP contribution in [0.4, 0.5) is 0 Å². The summed E-state index contributed by atoms with van der Waals surface area (Å²) in [4.78, 5) is 10.3. The molecule has 3 rings (SSSR count). The number of hydrogen-bond acceptors (Lipinski definition) is 2. The van der Waals surface area contributed by atoms with Gasteiger partial charge in [0.25, 0.3) is 0 Å². The lowest BCUT2D eigenvalue weighted by Gasteiger charge is -2.20. The van der Waals surface area contributed by atoms with Crippen LogP contribution in [0, 0.1) is 6.92 Å². The Kier molecular flexibility index (Phi) is 6.91. The van der Waals surface area contributed by atoms with Crippen molar-refractivity contribution in [3.63, 3.8) is 0 Å². The van der Waals surface area contributed by atoms with Crippen molar-refractivity contribution in [2.24, 2.45) is 4.99 Å². The Morgan fingerprint density at radius 3 is 3.00 bits per heavy atom. The first-order valence-corrected chi connectivity index (χ1v) is 8.46. The molecule has 1 aromatic carbocycles. The molecule has 0 aliphatic carbocycles. The second-order valence-electron chi connectivity index (χ2n) is 6.19. The molecule has 1 saturated heterocycles. The van der Waals surface area contributed by atoms with Gasteiger partial charge in [0.15, 0.2) is 5.96 Å². The maximum atomic E-state index is 9.71. The van der Waals surface area contributed by atoms with Gasteiger partial charge >= 0.3 is 0 Å². The SMILES string of the molecule is CCNC(=NCCc1c[nH]c2c(C)cccc12)N1CC[C@@H](O)C1.I. The third kappa shape index (κ3) is 4.22. The minimum absolute atomic E-state index is 0. The van der Waals surface area contributed by atoms with Gasteiger partial charge in [-0.15, -0.1) is 24.0 Å². The van der Waals surface area contributed by atoms with Gasteiger partial charge < -0.3 is 20.3 Å². The van der Waals surface area contributed by atoms with Crippen LogP contribution in [-0.2, 0) is 6.42 Å². The number of β-amino-alcohol motifs (C(OH)–C–C–N with tert-alkyl or cyclic N) is 1. The summed E-state index contributed by atoms with van der Waals surface area (Å²) in [6.45, 7) is 7.35. The second-order valence-corrected chi connectivity index (χ2v) is 6.19. The molecule has 0 spiro atoms. The van der Waals surface area contributed by atoms with E-state index in [2.05, 4.69) is 53.4 Å². The highest BCUT2D eigenvalue weighted by atomic mass is 127. The molecule has 3 N–H and O–H groups in total. The van der Waals surface area contributed by atoms with E-state index < -0.39 is 0 Å². The number of para-hydroxylation sites is 1. The zero-order valence-corrected chi connectivity index (χ0v) is 16.7. The number of halogens is 1. The summed E-state index contributed by atoms with van der Waals surface area (Å²) >= 11 is 0. The van der Waals surface area contributed by atoms with Gasteiger partial charge in [0.1, 0.15) is 0 Å². The van der Waals surface area contributed by atoms with Gasteiger partial charge in [-0.1, -0.05) is 18.2 Å². The lowest BCUT2D eigenvalue weighted by Crippen LogP contribution is -2.40. The molecule has 1 aliphatic heterocycles. The largest absolute Gasteiger partial charge is 0.391 e. The predicted octanol–water partition coefficient (Wildman–Crippen LogP) is 2.67. The molecule has 2 heterocycles. The van der Waals surface area contributed by atoms with E-state index in [-0.39, 0.29) is 30.1 Å². The summed E-state index contributed by atoms with van der Waals surface area (Å²) < 4.78 is 0. The number of aliphatic hydroxyl groups excluding tert-OH is 1. The molecule has 132 valence electrons. The molecule has 1 aromatic heterocycles. The lowest BCUT2D eigenvalue weighted by atomic mass is 10.1. The molecule has 2 aromatic rings. The Balaban J connectivity index is 0.00000208. The average molecular weight is 442 g/mol. The molecule has 0 unspecified atom stereocenters. The number of aromatic nitrogens is 1. The number of benzene rings is 1. The highest BCUT2D eigenvalue weighted by Gasteiger charge is 2.22. The maximum absolute atomic E-state index is 9.71. The van der Waals surface area contributed by atoms with Gasteiger partial charge in [0.05, 0.1) is 6.10 Å². The number of nitrogens with zero attached hydrogens (tertiary/aromatic N) is 2. The fraction of sp³-hybridized carbons (Fsp3) is 0.500. The lowest BCUT2D eigenvalue weighted by molar-refractivity contribution is 0.188. The van der Waals surface area contributed by atoms with Crippen molar-refractivity contribution in [1.82, 2.24) is 15.2 Å². The number of aliphatic hydroxyl groups is 1. The van der Waals surface area contributed by atoms with Crippen molar-refractivity contribution in [3.8, 4) is 0 Å². The van der Waals surface area contributed by atoms with E-state index in [1.165, 1.54) is 22.0 Å². The van der Waals surface area contributed by atoms with E-state index in [4.69, 9.17) is 4.99 Å². The number of aliphatic imine (C=N–C) groups is 1. The van der Waals surface area contributed by atoms with Crippen LogP contribution in [0.25, 0.3) is 10.9 Å². The Bertz CT molecular complexity index is 697. The molecular weight excluding hydrogens is 415 g/mol. The molecule has 5 nitrogen and oxygen atoms in total. The van der Waals surface area contributed by atoms with Gasteiger partial charge in [0, 0.05) is 43.3 Å². The summed E-state index contributed by atoms with van der Waals surface area (Å²) in [7, 11) is 0. The third-order valence-electron chi connectivity index (χ3n) is 4.45. The summed E-state index contributed by atoms with van der Waals surface area (Å²) in [5, 5.41) is 14.3. The van der Waals surface area contributed by atoms with Crippen molar-refractivity contribution in [1.29, 1.82) is 0 Å². The highest BCUT2D eigenvalue weighted by Crippen LogP contribution is 2.21. The van der Waals surface area contributed by atoms with Crippen molar-refractivity contribution in [2.75, 3.05) is 26.2 Å². The Morgan fingerprint density at radius 2 is 2.29 bits per heavy atom. The first kappa shape index (κ1) is 19.1. The third-order valence-corrected chi connectivity index (χ3v) is 4.45. The maximum Gasteiger partial charge on any atom is 0.194 e. The molecule has 0 amide bonds. The second kappa shape index (κ2) is 8.71. The summed E-state index contributed by atoms with van der Waals surface area (Å²) in [5.41, 5.74) is 3.81. The first-order chi connectivity index (χ1) is 11.2. The summed E-state index contributed by atoms with van der Waals surface area (Å²) in [5.74, 6) is 0.917. The number of rotatable bonds is 4. The molecule has 1 fully saturated rings. The van der Waals surface area contributed by atoms with Gasteiger partial charge in [-0.2, -0.15) is 0 Å². The number of hydrogen-bond donors (Lipinski definition) is 3. The van der Waals surface area contributed by atoms with E-state index >= 15 is 0 Å². The highest BCUT2D eigenvalue weighted by molar-refractivity contribution is 14.0. The number of H-pyrrole nitrogens is 1. The van der Waals surface area contributed by atoms with Crippen LogP contribution in [-0.4, -0.2) is 53.2 Å². The smallest absolute Gasteiger partial charge is 0.194 e. The van der Waals surface area contributed by atoms with E-state index in [0.717, 1.165) is 38.4 Å². The minimum atomic E-state index is -0.226. The van der Waals surface area contributed by atoms with E-state index in [1.807, 2.05) is 0 Å². The van der Waals surface area contributed by atoms with Crippen LogP contribution in [0.3, 0.4) is 0 Å². The fourth-order valence-electron chi connectivity index (χ4n) is 3.21. The molecule has 0 bridgehead atoms. The molecule has 1 aliphatic rings. The zero-order valence-electron chi connectivity index (χ0n) is 14.4. The normalized spacial score (nSPS) is 18.0. The minimum Gasteiger partial charge on any atom is -0.391 e. The number of aryl methyl sites for hydroxylation is 1. The van der Waals surface area contributed by atoms with Gasteiger partial charge in [-0.3, -0.25) is 4.99 Å². The van der Waals surface area contributed by atoms with E-state index in [0.29, 0.717) is 6.54 Å². The monoisotopic (exact) mass is 442 g/mol. The molecule has 24 heavy (non-hydrogen) atoms. The van der Waals surface area contributed by atoms with Crippen LogP contribution in [0.2, 0.25) is 0 Å². The topological polar surface area (TPSA) is 63.7 Å². The van der Waals surface area contributed by atoms with Crippen LogP contribution in [0.5, 0.6) is 0 Å². The Morgan fingerprint density at radius 1 is 1.46 bits per heavy atom. The number of guanidine groups is 1. The van der Waals surface area contributed by atoms with Crippen molar-refractivity contribution < 1.29 is 5.11 Å². The molecular formula is C18H27IN4O. The summed E-state index contributed by atoms with van der Waals surface area (Å²) in [6.07, 6.45) is 3.61. The van der Waals surface area contributed by atoms with E-state index in [1.54, 1.807) is 0 Å². The number of nitrogens with one attached hydrogen (secondary N) is 2. The van der Waals surface area contributed by atoms with Crippen molar-refractivity contribution >= 4 is 40.8 Å².